The number of benzene rings is 2. The van der Waals surface area contributed by atoms with Gasteiger partial charge in [-0.3, -0.25) is 19.8 Å². The lowest BCUT2D eigenvalue weighted by Gasteiger charge is -2.22. The van der Waals surface area contributed by atoms with Gasteiger partial charge < -0.3 is 14.6 Å². The predicted octanol–water partition coefficient (Wildman–Crippen LogP) is 2.09. The molecular formula is C21H20N2O8. The molecule has 2 aromatic carbocycles. The predicted molar refractivity (Wildman–Crippen MR) is 106 cm³/mol. The molecule has 0 aromatic heterocycles. The standard InChI is InChI=1S/C21H20N2O8/c24-17-10-18(22(11-17)21(27)31-12-14-4-2-1-3-5-14)20(26)30-13-19(25)15-6-8-16(9-7-15)23(28)29/h1-9,17-18,24H,10-13H2/t17-,18+/m0/s1. The van der Waals surface area contributed by atoms with Gasteiger partial charge in [0.15, 0.2) is 12.4 Å². The zero-order valence-corrected chi connectivity index (χ0v) is 16.4. The van der Waals surface area contributed by atoms with Gasteiger partial charge in [-0.15, -0.1) is 0 Å². The first-order valence-electron chi connectivity index (χ1n) is 9.45. The smallest absolute Gasteiger partial charge is 0.410 e. The highest BCUT2D eigenvalue weighted by atomic mass is 16.6. The molecule has 3 rings (SSSR count). The molecule has 31 heavy (non-hydrogen) atoms. The summed E-state index contributed by atoms with van der Waals surface area (Å²) >= 11 is 0. The summed E-state index contributed by atoms with van der Waals surface area (Å²) in [7, 11) is 0. The summed E-state index contributed by atoms with van der Waals surface area (Å²) in [6.45, 7) is -0.688. The zero-order valence-electron chi connectivity index (χ0n) is 16.4. The van der Waals surface area contributed by atoms with E-state index >= 15 is 0 Å². The van der Waals surface area contributed by atoms with Crippen LogP contribution >= 0.6 is 0 Å². The lowest BCUT2D eigenvalue weighted by atomic mass is 10.1. The van der Waals surface area contributed by atoms with E-state index in [-0.39, 0.29) is 30.8 Å². The molecule has 1 saturated heterocycles. The Hall–Kier alpha value is -3.79. The van der Waals surface area contributed by atoms with Crippen LogP contribution in [0.4, 0.5) is 10.5 Å². The highest BCUT2D eigenvalue weighted by molar-refractivity contribution is 5.98. The number of β-amino-alcohol motifs (C(OH)–C–C–N with tert-alkyl or cyclic N) is 1. The number of carbonyl (C=O) groups is 3. The second-order valence-electron chi connectivity index (χ2n) is 6.93. The van der Waals surface area contributed by atoms with E-state index in [0.717, 1.165) is 10.5 Å². The van der Waals surface area contributed by atoms with Crippen molar-refractivity contribution >= 4 is 23.5 Å². The average Bonchev–Trinajstić information content (AvgIpc) is 3.18. The molecule has 2 aromatic rings. The number of ketones is 1. The topological polar surface area (TPSA) is 136 Å². The fraction of sp³-hybridized carbons (Fsp3) is 0.286. The van der Waals surface area contributed by atoms with E-state index in [9.17, 15) is 29.6 Å². The number of ether oxygens (including phenoxy) is 2. The van der Waals surface area contributed by atoms with E-state index in [0.29, 0.717) is 0 Å². The number of nitrogens with zero attached hydrogens (tertiary/aromatic N) is 2. The van der Waals surface area contributed by atoms with Crippen LogP contribution in [0.5, 0.6) is 0 Å². The number of non-ortho nitro benzene ring substituents is 1. The van der Waals surface area contributed by atoms with Crippen molar-refractivity contribution in [1.82, 2.24) is 4.90 Å². The third-order valence-corrected chi connectivity index (χ3v) is 4.74. The summed E-state index contributed by atoms with van der Waals surface area (Å²) in [6.07, 6.45) is -1.73. The molecule has 1 aliphatic rings. The van der Waals surface area contributed by atoms with Crippen LogP contribution in [0, 0.1) is 10.1 Å². The van der Waals surface area contributed by atoms with Crippen LogP contribution in [0.3, 0.4) is 0 Å². The quantitative estimate of drug-likeness (QED) is 0.306. The van der Waals surface area contributed by atoms with Crippen molar-refractivity contribution in [2.45, 2.75) is 25.2 Å². The minimum absolute atomic E-state index is 0.00661. The molecule has 1 fully saturated rings. The fourth-order valence-corrected chi connectivity index (χ4v) is 3.13. The Balaban J connectivity index is 1.55. The SMILES string of the molecule is O=C(COC(=O)[C@H]1C[C@H](O)CN1C(=O)OCc1ccccc1)c1ccc([N+](=O)[O-])cc1. The van der Waals surface area contributed by atoms with Gasteiger partial charge in [0.05, 0.1) is 17.6 Å². The molecule has 0 spiro atoms. The molecule has 0 unspecified atom stereocenters. The normalized spacial score (nSPS) is 17.8. The van der Waals surface area contributed by atoms with Gasteiger partial charge in [-0.25, -0.2) is 9.59 Å². The highest BCUT2D eigenvalue weighted by Gasteiger charge is 2.41. The molecule has 10 heteroatoms. The summed E-state index contributed by atoms with van der Waals surface area (Å²) in [6, 6.07) is 12.8. The van der Waals surface area contributed by atoms with Gasteiger partial charge in [-0.05, 0) is 17.7 Å². The maximum absolute atomic E-state index is 12.4. The lowest BCUT2D eigenvalue weighted by Crippen LogP contribution is -2.42. The van der Waals surface area contributed by atoms with Crippen molar-refractivity contribution in [3.8, 4) is 0 Å². The summed E-state index contributed by atoms with van der Waals surface area (Å²) in [5, 5.41) is 20.6. The molecule has 1 aliphatic heterocycles. The Bertz CT molecular complexity index is 961. The van der Waals surface area contributed by atoms with Gasteiger partial charge in [0.1, 0.15) is 12.6 Å². The van der Waals surface area contributed by atoms with Gasteiger partial charge in [-0.2, -0.15) is 0 Å². The third-order valence-electron chi connectivity index (χ3n) is 4.74. The number of likely N-dealkylation sites (tertiary alicyclic amines) is 1. The Morgan fingerprint density at radius 3 is 2.39 bits per heavy atom. The first-order chi connectivity index (χ1) is 14.8. The molecule has 0 saturated carbocycles. The van der Waals surface area contributed by atoms with Crippen LogP contribution in [-0.2, 0) is 20.9 Å². The van der Waals surface area contributed by atoms with E-state index in [1.807, 2.05) is 6.07 Å². The van der Waals surface area contributed by atoms with Gasteiger partial charge in [0.25, 0.3) is 5.69 Å². The number of aliphatic hydroxyl groups is 1. The lowest BCUT2D eigenvalue weighted by molar-refractivity contribution is -0.384. The van der Waals surface area contributed by atoms with Gasteiger partial charge >= 0.3 is 12.1 Å². The van der Waals surface area contributed by atoms with Crippen molar-refractivity contribution < 1.29 is 33.9 Å². The Kier molecular flexibility index (Phi) is 6.93. The molecule has 1 N–H and O–H groups in total. The summed E-state index contributed by atoms with van der Waals surface area (Å²) in [5.41, 5.74) is 0.741. The second kappa shape index (κ2) is 9.81. The van der Waals surface area contributed by atoms with Crippen molar-refractivity contribution in [2.24, 2.45) is 0 Å². The Morgan fingerprint density at radius 2 is 1.74 bits per heavy atom. The molecule has 10 nitrogen and oxygen atoms in total. The van der Waals surface area contributed by atoms with Gasteiger partial charge in [0.2, 0.25) is 0 Å². The summed E-state index contributed by atoms with van der Waals surface area (Å²) < 4.78 is 10.2. The van der Waals surface area contributed by atoms with Crippen LogP contribution in [0.15, 0.2) is 54.6 Å². The molecule has 162 valence electrons. The van der Waals surface area contributed by atoms with Gasteiger partial charge in [0, 0.05) is 24.1 Å². The van der Waals surface area contributed by atoms with Crippen LogP contribution in [-0.4, -0.2) is 58.1 Å². The van der Waals surface area contributed by atoms with Crippen LogP contribution < -0.4 is 0 Å². The molecular weight excluding hydrogens is 408 g/mol. The zero-order chi connectivity index (χ0) is 22.4. The number of aliphatic hydroxyl groups excluding tert-OH is 1. The van der Waals surface area contributed by atoms with E-state index < -0.39 is 41.5 Å². The third kappa shape index (κ3) is 5.64. The van der Waals surface area contributed by atoms with E-state index in [1.165, 1.54) is 24.3 Å². The molecule has 0 radical (unpaired) electrons. The van der Waals surface area contributed by atoms with Crippen molar-refractivity contribution in [3.05, 3.63) is 75.8 Å². The van der Waals surface area contributed by atoms with Crippen molar-refractivity contribution in [3.63, 3.8) is 0 Å². The first-order valence-corrected chi connectivity index (χ1v) is 9.45. The second-order valence-corrected chi connectivity index (χ2v) is 6.93. The Labute approximate surface area is 177 Å². The maximum Gasteiger partial charge on any atom is 0.410 e. The minimum Gasteiger partial charge on any atom is -0.456 e. The Morgan fingerprint density at radius 1 is 1.06 bits per heavy atom. The minimum atomic E-state index is -1.08. The van der Waals surface area contributed by atoms with Crippen molar-refractivity contribution in [1.29, 1.82) is 0 Å². The van der Waals surface area contributed by atoms with Crippen LogP contribution in [0.25, 0.3) is 0 Å². The molecule has 2 atom stereocenters. The molecule has 0 aliphatic carbocycles. The van der Waals surface area contributed by atoms with E-state index in [1.54, 1.807) is 24.3 Å². The largest absolute Gasteiger partial charge is 0.456 e. The van der Waals surface area contributed by atoms with Crippen LogP contribution in [0.1, 0.15) is 22.3 Å². The first kappa shape index (κ1) is 21.9. The number of Topliss-reactive ketones (excluding diaryl/α,β-unsaturated/α-hetero) is 1. The summed E-state index contributed by atoms with van der Waals surface area (Å²) in [5.74, 6) is -1.40. The molecule has 1 heterocycles. The number of amides is 1. The number of nitro groups is 1. The number of carbonyl (C=O) groups excluding carboxylic acids is 3. The highest BCUT2D eigenvalue weighted by Crippen LogP contribution is 2.21. The fourth-order valence-electron chi connectivity index (χ4n) is 3.13. The average molecular weight is 428 g/mol. The number of nitro benzene ring substituents is 1. The van der Waals surface area contributed by atoms with E-state index in [2.05, 4.69) is 0 Å². The number of rotatable bonds is 7. The van der Waals surface area contributed by atoms with E-state index in [4.69, 9.17) is 9.47 Å². The number of esters is 1. The molecule has 1 amide bonds. The number of hydrogen-bond donors (Lipinski definition) is 1. The van der Waals surface area contributed by atoms with Crippen molar-refractivity contribution in [2.75, 3.05) is 13.2 Å². The maximum atomic E-state index is 12.4. The molecule has 0 bridgehead atoms. The van der Waals surface area contributed by atoms with Gasteiger partial charge in [-0.1, -0.05) is 30.3 Å². The monoisotopic (exact) mass is 428 g/mol. The number of hydrogen-bond acceptors (Lipinski definition) is 8. The van der Waals surface area contributed by atoms with Crippen LogP contribution in [0.2, 0.25) is 0 Å². The summed E-state index contributed by atoms with van der Waals surface area (Å²) in [4.78, 5) is 48.2.